The van der Waals surface area contributed by atoms with Crippen molar-refractivity contribution in [2.24, 2.45) is 0 Å². The number of likely N-dealkylation sites (tertiary alicyclic amines) is 1. The molecule has 1 heterocycles. The maximum atomic E-state index is 11.6. The van der Waals surface area contributed by atoms with Crippen molar-refractivity contribution in [1.82, 2.24) is 4.90 Å². The second kappa shape index (κ2) is 4.91. The predicted molar refractivity (Wildman–Crippen MR) is 52.3 cm³/mol. The Morgan fingerprint density at radius 2 is 2.20 bits per heavy atom. The monoisotopic (exact) mass is 213 g/mol. The highest BCUT2D eigenvalue weighted by atomic mass is 16.4. The van der Waals surface area contributed by atoms with Gasteiger partial charge in [0.1, 0.15) is 11.8 Å². The van der Waals surface area contributed by atoms with Crippen molar-refractivity contribution in [3.63, 3.8) is 0 Å². The summed E-state index contributed by atoms with van der Waals surface area (Å²) in [6.45, 7) is 2.11. The van der Waals surface area contributed by atoms with E-state index < -0.39 is 12.0 Å². The molecule has 5 heteroatoms. The highest BCUT2D eigenvalue weighted by molar-refractivity contribution is 5.91. The molecule has 0 aromatic carbocycles. The molecule has 0 bridgehead atoms. The lowest BCUT2D eigenvalue weighted by Crippen LogP contribution is -2.50. The Balaban J connectivity index is 2.72. The topological polar surface area (TPSA) is 74.7 Å². The van der Waals surface area contributed by atoms with E-state index in [9.17, 15) is 14.4 Å². The molecule has 1 amide bonds. The fourth-order valence-corrected chi connectivity index (χ4v) is 1.71. The molecule has 0 radical (unpaired) electrons. The zero-order chi connectivity index (χ0) is 11.4. The van der Waals surface area contributed by atoms with Gasteiger partial charge in [0, 0.05) is 25.8 Å². The van der Waals surface area contributed by atoms with E-state index in [1.165, 1.54) is 4.90 Å². The number of ketones is 1. The van der Waals surface area contributed by atoms with Crippen LogP contribution >= 0.6 is 0 Å². The van der Waals surface area contributed by atoms with Crippen LogP contribution in [0.2, 0.25) is 0 Å². The van der Waals surface area contributed by atoms with Crippen LogP contribution in [-0.2, 0) is 14.4 Å². The molecule has 15 heavy (non-hydrogen) atoms. The zero-order valence-corrected chi connectivity index (χ0v) is 8.73. The van der Waals surface area contributed by atoms with Crippen LogP contribution < -0.4 is 0 Å². The number of hydrogen-bond donors (Lipinski definition) is 1. The Morgan fingerprint density at radius 1 is 1.53 bits per heavy atom. The maximum Gasteiger partial charge on any atom is 0.326 e. The van der Waals surface area contributed by atoms with Crippen molar-refractivity contribution in [1.29, 1.82) is 0 Å². The van der Waals surface area contributed by atoms with E-state index in [2.05, 4.69) is 0 Å². The van der Waals surface area contributed by atoms with E-state index in [1.807, 2.05) is 6.92 Å². The Labute approximate surface area is 88.1 Å². The largest absolute Gasteiger partial charge is 0.480 e. The maximum absolute atomic E-state index is 11.6. The third kappa shape index (κ3) is 2.78. The van der Waals surface area contributed by atoms with Crippen LogP contribution in [0.25, 0.3) is 0 Å². The average molecular weight is 213 g/mol. The van der Waals surface area contributed by atoms with Crippen molar-refractivity contribution < 1.29 is 19.5 Å². The molecule has 1 atom stereocenters. The smallest absolute Gasteiger partial charge is 0.326 e. The van der Waals surface area contributed by atoms with Gasteiger partial charge < -0.3 is 10.0 Å². The molecule has 1 rings (SSSR count). The van der Waals surface area contributed by atoms with E-state index >= 15 is 0 Å². The van der Waals surface area contributed by atoms with Gasteiger partial charge in [0.25, 0.3) is 0 Å². The van der Waals surface area contributed by atoms with E-state index in [1.54, 1.807) is 0 Å². The van der Waals surface area contributed by atoms with E-state index in [0.29, 0.717) is 12.8 Å². The molecule has 1 unspecified atom stereocenters. The van der Waals surface area contributed by atoms with Crippen LogP contribution in [0.5, 0.6) is 0 Å². The summed E-state index contributed by atoms with van der Waals surface area (Å²) in [6, 6.07) is -0.953. The number of Topliss-reactive ketones (excluding diaryl/α,β-unsaturated/α-hetero) is 1. The second-order valence-corrected chi connectivity index (χ2v) is 3.68. The van der Waals surface area contributed by atoms with Crippen molar-refractivity contribution in [2.45, 2.75) is 38.6 Å². The number of piperidine rings is 1. The van der Waals surface area contributed by atoms with E-state index in [0.717, 1.165) is 0 Å². The molecule has 1 saturated heterocycles. The molecule has 0 aliphatic carbocycles. The molecule has 0 aromatic rings. The number of rotatable bonds is 3. The Bertz CT molecular complexity index is 287. The summed E-state index contributed by atoms with van der Waals surface area (Å²) in [5, 5.41) is 8.90. The molecule has 84 valence electrons. The van der Waals surface area contributed by atoms with Gasteiger partial charge in [-0.15, -0.1) is 0 Å². The summed E-state index contributed by atoms with van der Waals surface area (Å²) in [5.74, 6) is -1.34. The molecule has 0 spiro atoms. The minimum Gasteiger partial charge on any atom is -0.480 e. The van der Waals surface area contributed by atoms with Gasteiger partial charge in [-0.05, 0) is 6.42 Å². The number of carbonyl (C=O) groups excluding carboxylic acids is 2. The second-order valence-electron chi connectivity index (χ2n) is 3.68. The van der Waals surface area contributed by atoms with Gasteiger partial charge in [0.15, 0.2) is 0 Å². The fraction of sp³-hybridized carbons (Fsp3) is 0.700. The van der Waals surface area contributed by atoms with Crippen molar-refractivity contribution in [2.75, 3.05) is 6.54 Å². The third-order valence-electron chi connectivity index (χ3n) is 2.50. The van der Waals surface area contributed by atoms with E-state index in [-0.39, 0.29) is 31.1 Å². The first-order chi connectivity index (χ1) is 7.06. The summed E-state index contributed by atoms with van der Waals surface area (Å²) in [5.41, 5.74) is 0. The number of aliphatic carboxylic acids is 1. The van der Waals surface area contributed by atoms with Crippen molar-refractivity contribution >= 4 is 17.7 Å². The molecular formula is C10H15NO4. The summed E-state index contributed by atoms with van der Waals surface area (Å²) < 4.78 is 0. The molecule has 1 aliphatic rings. The van der Waals surface area contributed by atoms with Crippen LogP contribution in [0.15, 0.2) is 0 Å². The van der Waals surface area contributed by atoms with Gasteiger partial charge in [0.2, 0.25) is 5.91 Å². The summed E-state index contributed by atoms with van der Waals surface area (Å²) >= 11 is 0. The first-order valence-electron chi connectivity index (χ1n) is 5.10. The Morgan fingerprint density at radius 3 is 2.73 bits per heavy atom. The number of nitrogens with zero attached hydrogens (tertiary/aromatic N) is 1. The SMILES string of the molecule is CCCC(=O)N1CCC(=O)CC1C(=O)O. The third-order valence-corrected chi connectivity index (χ3v) is 2.50. The highest BCUT2D eigenvalue weighted by Gasteiger charge is 2.34. The van der Waals surface area contributed by atoms with Gasteiger partial charge in [-0.1, -0.05) is 6.92 Å². The molecule has 0 aromatic heterocycles. The lowest BCUT2D eigenvalue weighted by atomic mass is 10.0. The Kier molecular flexibility index (Phi) is 3.82. The first-order valence-corrected chi connectivity index (χ1v) is 5.10. The van der Waals surface area contributed by atoms with E-state index in [4.69, 9.17) is 5.11 Å². The number of carboxylic acid groups (broad SMARTS) is 1. The van der Waals surface area contributed by atoms with Crippen LogP contribution in [0.4, 0.5) is 0 Å². The number of amides is 1. The van der Waals surface area contributed by atoms with Crippen molar-refractivity contribution in [3.8, 4) is 0 Å². The van der Waals surface area contributed by atoms with Gasteiger partial charge in [-0.2, -0.15) is 0 Å². The van der Waals surface area contributed by atoms with Crippen LogP contribution in [-0.4, -0.2) is 40.3 Å². The quantitative estimate of drug-likeness (QED) is 0.737. The van der Waals surface area contributed by atoms with Crippen LogP contribution in [0.3, 0.4) is 0 Å². The lowest BCUT2D eigenvalue weighted by molar-refractivity contribution is -0.154. The molecule has 5 nitrogen and oxygen atoms in total. The number of carbonyl (C=O) groups is 3. The van der Waals surface area contributed by atoms with Gasteiger partial charge in [-0.25, -0.2) is 4.79 Å². The minimum absolute atomic E-state index is 0.0508. The lowest BCUT2D eigenvalue weighted by Gasteiger charge is -2.32. The zero-order valence-electron chi connectivity index (χ0n) is 8.73. The summed E-state index contributed by atoms with van der Waals surface area (Å²) in [6.07, 6.45) is 1.26. The molecule has 1 aliphatic heterocycles. The van der Waals surface area contributed by atoms with Gasteiger partial charge in [-0.3, -0.25) is 9.59 Å². The average Bonchev–Trinajstić information content (AvgIpc) is 2.17. The normalized spacial score (nSPS) is 21.5. The molecular weight excluding hydrogens is 198 g/mol. The van der Waals surface area contributed by atoms with Crippen LogP contribution in [0, 0.1) is 0 Å². The Hall–Kier alpha value is -1.39. The summed E-state index contributed by atoms with van der Waals surface area (Å²) in [4.78, 5) is 34.9. The number of hydrogen-bond acceptors (Lipinski definition) is 3. The fourth-order valence-electron chi connectivity index (χ4n) is 1.71. The molecule has 1 fully saturated rings. The number of carboxylic acids is 1. The first kappa shape index (κ1) is 11.7. The summed E-state index contributed by atoms with van der Waals surface area (Å²) in [7, 11) is 0. The molecule has 0 saturated carbocycles. The predicted octanol–water partition coefficient (Wildman–Crippen LogP) is 0.431. The molecule has 1 N–H and O–H groups in total. The van der Waals surface area contributed by atoms with Gasteiger partial charge >= 0.3 is 5.97 Å². The standard InChI is InChI=1S/C10H15NO4/c1-2-3-9(13)11-5-4-7(12)6-8(11)10(14)15/h8H,2-6H2,1H3,(H,14,15). The van der Waals surface area contributed by atoms with Gasteiger partial charge in [0.05, 0.1) is 0 Å². The minimum atomic E-state index is -1.09. The van der Waals surface area contributed by atoms with Crippen LogP contribution in [0.1, 0.15) is 32.6 Å². The van der Waals surface area contributed by atoms with Crippen molar-refractivity contribution in [3.05, 3.63) is 0 Å². The highest BCUT2D eigenvalue weighted by Crippen LogP contribution is 2.16.